The van der Waals surface area contributed by atoms with Gasteiger partial charge in [-0.25, -0.2) is 0 Å². The van der Waals surface area contributed by atoms with E-state index in [1.54, 1.807) is 0 Å². The first kappa shape index (κ1) is 13.6. The Balaban J connectivity index is 3.38. The van der Waals surface area contributed by atoms with Gasteiger partial charge >= 0.3 is 0 Å². The van der Waals surface area contributed by atoms with Crippen LogP contribution in [0.5, 0.6) is 0 Å². The van der Waals surface area contributed by atoms with E-state index in [1.807, 2.05) is 13.0 Å². The predicted molar refractivity (Wildman–Crippen MR) is 59.2 cm³/mol. The van der Waals surface area contributed by atoms with Crippen LogP contribution >= 0.6 is 0 Å². The quantitative estimate of drug-likeness (QED) is 0.386. The zero-order chi connectivity index (χ0) is 10.9. The summed E-state index contributed by atoms with van der Waals surface area (Å²) in [5, 5.41) is 21.1. The molecule has 0 radical (unpaired) electrons. The highest BCUT2D eigenvalue weighted by Crippen LogP contribution is 2.03. The van der Waals surface area contributed by atoms with Gasteiger partial charge in [0.25, 0.3) is 0 Å². The normalized spacial score (nSPS) is 11.6. The Labute approximate surface area is 86.8 Å². The second-order valence-electron chi connectivity index (χ2n) is 3.94. The van der Waals surface area contributed by atoms with Crippen molar-refractivity contribution in [1.82, 2.24) is 5.32 Å². The van der Waals surface area contributed by atoms with Crippen molar-refractivity contribution < 1.29 is 10.2 Å². The van der Waals surface area contributed by atoms with Crippen LogP contribution in [-0.4, -0.2) is 35.5 Å². The molecule has 0 heterocycles. The lowest BCUT2D eigenvalue weighted by atomic mass is 10.1. The molecule has 0 aromatic rings. The van der Waals surface area contributed by atoms with Crippen LogP contribution in [0.25, 0.3) is 0 Å². The molecule has 0 fully saturated rings. The number of nitrogens with one attached hydrogen (secondary N) is 1. The van der Waals surface area contributed by atoms with Crippen LogP contribution in [0.2, 0.25) is 0 Å². The molecular weight excluding hydrogens is 178 g/mol. The fourth-order valence-electron chi connectivity index (χ4n) is 1.14. The van der Waals surface area contributed by atoms with E-state index in [4.69, 9.17) is 10.2 Å². The van der Waals surface area contributed by atoms with Crippen LogP contribution in [-0.2, 0) is 0 Å². The second-order valence-corrected chi connectivity index (χ2v) is 3.94. The number of allylic oxidation sites excluding steroid dienone is 1. The van der Waals surface area contributed by atoms with Crippen molar-refractivity contribution in [1.29, 1.82) is 0 Å². The lowest BCUT2D eigenvalue weighted by Gasteiger charge is -2.26. The maximum absolute atomic E-state index is 8.99. The first-order chi connectivity index (χ1) is 6.68. The zero-order valence-electron chi connectivity index (χ0n) is 9.13. The van der Waals surface area contributed by atoms with E-state index in [1.165, 1.54) is 6.42 Å². The Bertz CT molecular complexity index is 144. The Morgan fingerprint density at radius 2 is 1.86 bits per heavy atom. The van der Waals surface area contributed by atoms with Crippen LogP contribution in [0.3, 0.4) is 0 Å². The maximum atomic E-state index is 8.99. The van der Waals surface area contributed by atoms with E-state index in [-0.39, 0.29) is 13.2 Å². The van der Waals surface area contributed by atoms with Crippen molar-refractivity contribution in [2.45, 2.75) is 38.1 Å². The van der Waals surface area contributed by atoms with Crippen molar-refractivity contribution in [3.05, 3.63) is 12.7 Å². The third-order valence-electron chi connectivity index (χ3n) is 2.33. The van der Waals surface area contributed by atoms with Crippen LogP contribution in [0, 0.1) is 0 Å². The lowest BCUT2D eigenvalue weighted by molar-refractivity contribution is 0.104. The summed E-state index contributed by atoms with van der Waals surface area (Å²) in [6.45, 7) is 6.26. The van der Waals surface area contributed by atoms with E-state index in [0.29, 0.717) is 0 Å². The molecule has 3 nitrogen and oxygen atoms in total. The summed E-state index contributed by atoms with van der Waals surface area (Å²) in [6.07, 6.45) is 6.39. The lowest BCUT2D eigenvalue weighted by Crippen LogP contribution is -2.49. The summed E-state index contributed by atoms with van der Waals surface area (Å²) in [6, 6.07) is 0. The molecule has 0 amide bonds. The number of aliphatic hydroxyl groups excluding tert-OH is 2. The Morgan fingerprint density at radius 1 is 1.21 bits per heavy atom. The molecule has 3 N–H and O–H groups in total. The maximum Gasteiger partial charge on any atom is 0.0633 e. The summed E-state index contributed by atoms with van der Waals surface area (Å²) in [4.78, 5) is 0. The molecule has 84 valence electrons. The summed E-state index contributed by atoms with van der Waals surface area (Å²) >= 11 is 0. The molecule has 14 heavy (non-hydrogen) atoms. The minimum absolute atomic E-state index is 0.0316. The van der Waals surface area contributed by atoms with E-state index in [9.17, 15) is 0 Å². The highest BCUT2D eigenvalue weighted by Gasteiger charge is 2.20. The van der Waals surface area contributed by atoms with Crippen LogP contribution in [0.1, 0.15) is 32.6 Å². The third kappa shape index (κ3) is 6.13. The van der Waals surface area contributed by atoms with Gasteiger partial charge in [-0.2, -0.15) is 0 Å². The summed E-state index contributed by atoms with van der Waals surface area (Å²) in [5.74, 6) is 0. The molecule has 0 aromatic heterocycles. The summed E-state index contributed by atoms with van der Waals surface area (Å²) in [7, 11) is 0. The highest BCUT2D eigenvalue weighted by molar-refractivity contribution is 4.80. The van der Waals surface area contributed by atoms with E-state index >= 15 is 0 Å². The smallest absolute Gasteiger partial charge is 0.0633 e. The molecule has 0 unspecified atom stereocenters. The fraction of sp³-hybridized carbons (Fsp3) is 0.818. The van der Waals surface area contributed by atoms with Crippen molar-refractivity contribution in [2.75, 3.05) is 19.8 Å². The molecule has 3 heteroatoms. The molecule has 0 atom stereocenters. The fourth-order valence-corrected chi connectivity index (χ4v) is 1.14. The van der Waals surface area contributed by atoms with Gasteiger partial charge < -0.3 is 15.5 Å². The van der Waals surface area contributed by atoms with E-state index in [0.717, 1.165) is 25.8 Å². The molecule has 0 saturated carbocycles. The molecule has 0 spiro atoms. The standard InChI is InChI=1S/C11H23NO2/c1-3-4-5-6-7-8-12-11(2,9-13)10-14/h3,12-14H,1,4-10H2,2H3. The van der Waals surface area contributed by atoms with Crippen molar-refractivity contribution in [3.63, 3.8) is 0 Å². The van der Waals surface area contributed by atoms with Crippen LogP contribution in [0.4, 0.5) is 0 Å². The summed E-state index contributed by atoms with van der Waals surface area (Å²) < 4.78 is 0. The first-order valence-electron chi connectivity index (χ1n) is 5.26. The number of unbranched alkanes of at least 4 members (excludes halogenated alkanes) is 3. The zero-order valence-corrected chi connectivity index (χ0v) is 9.13. The summed E-state index contributed by atoms with van der Waals surface area (Å²) in [5.41, 5.74) is -0.529. The molecule has 0 aromatic carbocycles. The molecule has 0 rings (SSSR count). The minimum atomic E-state index is -0.529. The van der Waals surface area contributed by atoms with Gasteiger partial charge in [-0.15, -0.1) is 6.58 Å². The minimum Gasteiger partial charge on any atom is -0.394 e. The number of aliphatic hydroxyl groups is 2. The number of hydrogen-bond donors (Lipinski definition) is 3. The Hall–Kier alpha value is -0.380. The molecule has 0 aliphatic carbocycles. The first-order valence-corrected chi connectivity index (χ1v) is 5.26. The average Bonchev–Trinajstić information content (AvgIpc) is 2.23. The SMILES string of the molecule is C=CCCCCCNC(C)(CO)CO. The van der Waals surface area contributed by atoms with Crippen LogP contribution in [0.15, 0.2) is 12.7 Å². The van der Waals surface area contributed by atoms with Gasteiger partial charge in [0.15, 0.2) is 0 Å². The highest BCUT2D eigenvalue weighted by atomic mass is 16.3. The van der Waals surface area contributed by atoms with Gasteiger partial charge in [0.05, 0.1) is 18.8 Å². The van der Waals surface area contributed by atoms with E-state index < -0.39 is 5.54 Å². The average molecular weight is 201 g/mol. The van der Waals surface area contributed by atoms with Gasteiger partial charge in [0.2, 0.25) is 0 Å². The largest absolute Gasteiger partial charge is 0.394 e. The van der Waals surface area contributed by atoms with E-state index in [2.05, 4.69) is 11.9 Å². The molecule has 0 aliphatic rings. The molecule has 0 saturated heterocycles. The Morgan fingerprint density at radius 3 is 2.36 bits per heavy atom. The predicted octanol–water partition coefficient (Wildman–Crippen LogP) is 1.07. The topological polar surface area (TPSA) is 52.5 Å². The van der Waals surface area contributed by atoms with Gasteiger partial charge in [-0.1, -0.05) is 12.5 Å². The van der Waals surface area contributed by atoms with Gasteiger partial charge in [-0.05, 0) is 32.7 Å². The Kier molecular flexibility index (Phi) is 7.76. The molecule has 0 aliphatic heterocycles. The van der Waals surface area contributed by atoms with Crippen molar-refractivity contribution in [3.8, 4) is 0 Å². The van der Waals surface area contributed by atoms with Gasteiger partial charge in [0, 0.05) is 0 Å². The monoisotopic (exact) mass is 201 g/mol. The second kappa shape index (κ2) is 7.97. The third-order valence-corrected chi connectivity index (χ3v) is 2.33. The number of hydrogen-bond acceptors (Lipinski definition) is 3. The van der Waals surface area contributed by atoms with Crippen molar-refractivity contribution >= 4 is 0 Å². The number of rotatable bonds is 9. The van der Waals surface area contributed by atoms with Crippen molar-refractivity contribution in [2.24, 2.45) is 0 Å². The molecule has 0 bridgehead atoms. The van der Waals surface area contributed by atoms with Gasteiger partial charge in [0.1, 0.15) is 0 Å². The van der Waals surface area contributed by atoms with Crippen LogP contribution < -0.4 is 5.32 Å². The molecular formula is C11H23NO2. The van der Waals surface area contributed by atoms with Gasteiger partial charge in [-0.3, -0.25) is 0 Å².